The molecule has 0 bridgehead atoms. The minimum Gasteiger partial charge on any atom is -0.494 e. The predicted octanol–water partition coefficient (Wildman–Crippen LogP) is 4.52. The predicted molar refractivity (Wildman–Crippen MR) is 116 cm³/mol. The van der Waals surface area contributed by atoms with Gasteiger partial charge in [-0.25, -0.2) is 8.42 Å². The number of unbranched alkanes of at least 4 members (excludes halogenated alkanes) is 1. The van der Waals surface area contributed by atoms with E-state index in [0.717, 1.165) is 18.4 Å². The Morgan fingerprint density at radius 2 is 1.60 bits per heavy atom. The molecule has 0 saturated heterocycles. The van der Waals surface area contributed by atoms with E-state index in [-0.39, 0.29) is 4.90 Å². The number of ether oxygens (including phenoxy) is 2. The summed E-state index contributed by atoms with van der Waals surface area (Å²) < 4.78 is 38.7. The lowest BCUT2D eigenvalue weighted by molar-refractivity contribution is 0.309. The van der Waals surface area contributed by atoms with Gasteiger partial charge in [0.05, 0.1) is 23.8 Å². The minimum atomic E-state index is -3.69. The Labute approximate surface area is 177 Å². The van der Waals surface area contributed by atoms with E-state index in [1.165, 1.54) is 12.1 Å². The molecule has 0 atom stereocenters. The van der Waals surface area contributed by atoms with Crippen molar-refractivity contribution in [3.05, 3.63) is 60.7 Å². The van der Waals surface area contributed by atoms with Crippen molar-refractivity contribution in [3.8, 4) is 22.9 Å². The second kappa shape index (κ2) is 10.1. The second-order valence-electron chi connectivity index (χ2n) is 6.55. The minimum absolute atomic E-state index is 0.173. The molecule has 0 unspecified atom stereocenters. The highest BCUT2D eigenvalue weighted by atomic mass is 32.2. The summed E-state index contributed by atoms with van der Waals surface area (Å²) in [5, 5.41) is 8.13. The topological polar surface area (TPSA) is 90.4 Å². The number of anilines is 1. The quantitative estimate of drug-likeness (QED) is 0.478. The van der Waals surface area contributed by atoms with Crippen LogP contribution in [0.5, 0.6) is 11.6 Å². The summed E-state index contributed by atoms with van der Waals surface area (Å²) in [4.78, 5) is 0.173. The third-order valence-corrected chi connectivity index (χ3v) is 5.66. The van der Waals surface area contributed by atoms with Crippen molar-refractivity contribution < 1.29 is 17.9 Å². The Hall–Kier alpha value is -3.13. The van der Waals surface area contributed by atoms with Gasteiger partial charge in [0.15, 0.2) is 0 Å². The Morgan fingerprint density at radius 1 is 0.867 bits per heavy atom. The van der Waals surface area contributed by atoms with Crippen molar-refractivity contribution in [2.75, 3.05) is 17.9 Å². The van der Waals surface area contributed by atoms with E-state index in [0.29, 0.717) is 36.2 Å². The van der Waals surface area contributed by atoms with Gasteiger partial charge in [0.25, 0.3) is 10.0 Å². The zero-order valence-electron chi connectivity index (χ0n) is 17.0. The van der Waals surface area contributed by atoms with E-state index in [2.05, 4.69) is 21.8 Å². The molecule has 3 rings (SSSR count). The molecule has 0 aliphatic heterocycles. The Morgan fingerprint density at radius 3 is 2.20 bits per heavy atom. The SMILES string of the molecule is CCCCOc1ccc(S(=O)(=O)Nc2ccc(-c3ccc(OCC)nn3)cc2)cc1. The third-order valence-electron chi connectivity index (χ3n) is 4.27. The monoisotopic (exact) mass is 427 g/mol. The van der Waals surface area contributed by atoms with Crippen LogP contribution < -0.4 is 14.2 Å². The van der Waals surface area contributed by atoms with Gasteiger partial charge in [0.1, 0.15) is 5.75 Å². The largest absolute Gasteiger partial charge is 0.494 e. The van der Waals surface area contributed by atoms with E-state index in [1.54, 1.807) is 48.5 Å². The highest BCUT2D eigenvalue weighted by Gasteiger charge is 2.14. The van der Waals surface area contributed by atoms with Gasteiger partial charge in [0, 0.05) is 17.3 Å². The van der Waals surface area contributed by atoms with Gasteiger partial charge in [-0.15, -0.1) is 10.2 Å². The standard InChI is InChI=1S/C22H25N3O4S/c1-3-5-16-29-19-10-12-20(13-11-19)30(26,27)25-18-8-6-17(7-9-18)21-14-15-22(24-23-21)28-4-2/h6-15,25H,3-5,16H2,1-2H3. The third kappa shape index (κ3) is 5.70. The van der Waals surface area contributed by atoms with Crippen LogP contribution >= 0.6 is 0 Å². The zero-order chi connectivity index (χ0) is 21.4. The van der Waals surface area contributed by atoms with Crippen molar-refractivity contribution >= 4 is 15.7 Å². The number of hydrogen-bond donors (Lipinski definition) is 1. The summed E-state index contributed by atoms with van der Waals surface area (Å²) in [5.41, 5.74) is 1.95. The van der Waals surface area contributed by atoms with Crippen molar-refractivity contribution in [3.63, 3.8) is 0 Å². The lowest BCUT2D eigenvalue weighted by atomic mass is 10.1. The number of sulfonamides is 1. The molecule has 3 aromatic rings. The fourth-order valence-corrected chi connectivity index (χ4v) is 3.73. The highest BCUT2D eigenvalue weighted by Crippen LogP contribution is 2.23. The summed E-state index contributed by atoms with van der Waals surface area (Å²) >= 11 is 0. The summed E-state index contributed by atoms with van der Waals surface area (Å²) in [6, 6.07) is 16.9. The molecule has 158 valence electrons. The molecule has 1 N–H and O–H groups in total. The molecule has 0 saturated carbocycles. The molecule has 30 heavy (non-hydrogen) atoms. The van der Waals surface area contributed by atoms with E-state index in [9.17, 15) is 8.42 Å². The van der Waals surface area contributed by atoms with Gasteiger partial charge in [-0.1, -0.05) is 25.5 Å². The summed E-state index contributed by atoms with van der Waals surface area (Å²) in [6.07, 6.45) is 2.00. The van der Waals surface area contributed by atoms with Crippen molar-refractivity contribution in [2.24, 2.45) is 0 Å². The van der Waals surface area contributed by atoms with E-state index in [1.807, 2.05) is 6.92 Å². The number of nitrogens with zero attached hydrogens (tertiary/aromatic N) is 2. The Bertz CT molecular complexity index is 1040. The average Bonchev–Trinajstić information content (AvgIpc) is 2.75. The van der Waals surface area contributed by atoms with Gasteiger partial charge in [0.2, 0.25) is 5.88 Å². The smallest absolute Gasteiger partial charge is 0.261 e. The Balaban J connectivity index is 1.66. The molecular formula is C22H25N3O4S. The maximum absolute atomic E-state index is 12.6. The lowest BCUT2D eigenvalue weighted by Crippen LogP contribution is -2.12. The molecule has 0 spiro atoms. The molecule has 8 heteroatoms. The first kappa shape index (κ1) is 21.6. The second-order valence-corrected chi connectivity index (χ2v) is 8.23. The van der Waals surface area contributed by atoms with Crippen LogP contribution in [0.25, 0.3) is 11.3 Å². The molecule has 2 aromatic carbocycles. The maximum atomic E-state index is 12.6. The van der Waals surface area contributed by atoms with Crippen LogP contribution in [-0.2, 0) is 10.0 Å². The van der Waals surface area contributed by atoms with Gasteiger partial charge < -0.3 is 9.47 Å². The molecule has 7 nitrogen and oxygen atoms in total. The van der Waals surface area contributed by atoms with Gasteiger partial charge in [-0.2, -0.15) is 0 Å². The fraction of sp³-hybridized carbons (Fsp3) is 0.273. The first-order chi connectivity index (χ1) is 14.5. The van der Waals surface area contributed by atoms with Gasteiger partial charge >= 0.3 is 0 Å². The van der Waals surface area contributed by atoms with E-state index in [4.69, 9.17) is 9.47 Å². The van der Waals surface area contributed by atoms with Crippen molar-refractivity contribution in [2.45, 2.75) is 31.6 Å². The number of benzene rings is 2. The number of nitrogens with one attached hydrogen (secondary N) is 1. The fourth-order valence-electron chi connectivity index (χ4n) is 2.67. The normalized spacial score (nSPS) is 11.1. The average molecular weight is 428 g/mol. The first-order valence-electron chi connectivity index (χ1n) is 9.84. The molecule has 0 radical (unpaired) electrons. The van der Waals surface area contributed by atoms with Crippen LogP contribution in [0.15, 0.2) is 65.6 Å². The van der Waals surface area contributed by atoms with E-state index >= 15 is 0 Å². The molecular weight excluding hydrogens is 402 g/mol. The first-order valence-corrected chi connectivity index (χ1v) is 11.3. The number of hydrogen-bond acceptors (Lipinski definition) is 6. The number of rotatable bonds is 10. The van der Waals surface area contributed by atoms with Crippen molar-refractivity contribution in [1.29, 1.82) is 0 Å². The van der Waals surface area contributed by atoms with Crippen LogP contribution in [0, 0.1) is 0 Å². The molecule has 0 amide bonds. The van der Waals surface area contributed by atoms with Crippen LogP contribution in [-0.4, -0.2) is 31.8 Å². The molecule has 1 heterocycles. The van der Waals surface area contributed by atoms with E-state index < -0.39 is 10.0 Å². The maximum Gasteiger partial charge on any atom is 0.261 e. The van der Waals surface area contributed by atoms with Crippen LogP contribution in [0.1, 0.15) is 26.7 Å². The van der Waals surface area contributed by atoms with Crippen LogP contribution in [0.4, 0.5) is 5.69 Å². The van der Waals surface area contributed by atoms with Crippen molar-refractivity contribution in [1.82, 2.24) is 10.2 Å². The summed E-state index contributed by atoms with van der Waals surface area (Å²) in [6.45, 7) is 5.11. The molecule has 1 aromatic heterocycles. The van der Waals surface area contributed by atoms with Crippen LogP contribution in [0.3, 0.4) is 0 Å². The highest BCUT2D eigenvalue weighted by molar-refractivity contribution is 7.92. The number of aromatic nitrogens is 2. The van der Waals surface area contributed by atoms with Crippen LogP contribution in [0.2, 0.25) is 0 Å². The molecule has 0 fully saturated rings. The molecule has 0 aliphatic carbocycles. The van der Waals surface area contributed by atoms with Gasteiger partial charge in [-0.05, 0) is 55.8 Å². The molecule has 0 aliphatic rings. The Kier molecular flexibility index (Phi) is 7.24. The van der Waals surface area contributed by atoms with Gasteiger partial charge in [-0.3, -0.25) is 4.72 Å². The summed E-state index contributed by atoms with van der Waals surface area (Å²) in [7, 11) is -3.69. The summed E-state index contributed by atoms with van der Waals surface area (Å²) in [5.74, 6) is 1.12. The lowest BCUT2D eigenvalue weighted by Gasteiger charge is -2.10. The zero-order valence-corrected chi connectivity index (χ0v) is 17.9.